The van der Waals surface area contributed by atoms with Gasteiger partial charge in [0.2, 0.25) is 15.9 Å². The van der Waals surface area contributed by atoms with Gasteiger partial charge in [0.05, 0.1) is 16.9 Å². The number of unbranched alkanes of at least 4 members (excludes halogenated alkanes) is 1. The Hall–Kier alpha value is -2.06. The summed E-state index contributed by atoms with van der Waals surface area (Å²) in [7, 11) is -3.36. The molecule has 8 heteroatoms. The van der Waals surface area contributed by atoms with Gasteiger partial charge >= 0.3 is 0 Å². The standard InChI is InChI=1S/C26H40N2O5S/c1-5-32-23-17-19(18-24-22(23)10-8-16-33-24)9-6-7-15-27-25(29)20-11-13-21(14-12-20)28-34(30,31)26(2,3)4/h8,10,17-18,20-21,28H,5-7,9,11-16H2,1-4H3,(H,27,29). The molecule has 0 bridgehead atoms. The van der Waals surface area contributed by atoms with Crippen molar-refractivity contribution < 1.29 is 22.7 Å². The maximum Gasteiger partial charge on any atom is 0.223 e. The van der Waals surface area contributed by atoms with Crippen LogP contribution >= 0.6 is 0 Å². The third-order valence-electron chi connectivity index (χ3n) is 6.50. The Morgan fingerprint density at radius 3 is 2.56 bits per heavy atom. The highest BCUT2D eigenvalue weighted by Gasteiger charge is 2.34. The molecule has 1 aliphatic carbocycles. The zero-order valence-electron chi connectivity index (χ0n) is 21.0. The maximum atomic E-state index is 12.6. The molecule has 0 aromatic heterocycles. The van der Waals surface area contributed by atoms with Gasteiger partial charge < -0.3 is 14.8 Å². The van der Waals surface area contributed by atoms with Gasteiger partial charge in [0.1, 0.15) is 18.1 Å². The fourth-order valence-corrected chi connectivity index (χ4v) is 5.37. The topological polar surface area (TPSA) is 93.7 Å². The lowest BCUT2D eigenvalue weighted by Gasteiger charge is -2.30. The fraction of sp³-hybridized carbons (Fsp3) is 0.654. The molecule has 1 aromatic carbocycles. The van der Waals surface area contributed by atoms with Gasteiger partial charge in [-0.25, -0.2) is 13.1 Å². The van der Waals surface area contributed by atoms with E-state index in [2.05, 4.69) is 28.2 Å². The molecular weight excluding hydrogens is 452 g/mol. The highest BCUT2D eigenvalue weighted by Crippen LogP contribution is 2.34. The lowest BCUT2D eigenvalue weighted by atomic mass is 9.86. The van der Waals surface area contributed by atoms with Crippen molar-refractivity contribution in [3.05, 3.63) is 29.3 Å². The van der Waals surface area contributed by atoms with Gasteiger partial charge in [0.15, 0.2) is 0 Å². The first kappa shape index (κ1) is 26.5. The smallest absolute Gasteiger partial charge is 0.223 e. The molecule has 0 radical (unpaired) electrons. The maximum absolute atomic E-state index is 12.6. The van der Waals surface area contributed by atoms with E-state index in [1.807, 2.05) is 13.0 Å². The SMILES string of the molecule is CCOc1cc(CCCCNC(=O)C2CCC(NS(=O)(=O)C(C)(C)C)CC2)cc2c1C=CCO2. The molecule has 190 valence electrons. The van der Waals surface area contributed by atoms with Crippen molar-refractivity contribution >= 4 is 22.0 Å². The average Bonchev–Trinajstić information content (AvgIpc) is 2.78. The normalized spacial score (nSPS) is 20.4. The summed E-state index contributed by atoms with van der Waals surface area (Å²) in [6, 6.07) is 4.10. The van der Waals surface area contributed by atoms with Crippen LogP contribution in [0.1, 0.15) is 77.3 Å². The molecule has 1 amide bonds. The summed E-state index contributed by atoms with van der Waals surface area (Å²) in [5.74, 6) is 1.79. The Labute approximate surface area is 204 Å². The van der Waals surface area contributed by atoms with E-state index in [1.54, 1.807) is 20.8 Å². The number of hydrogen-bond donors (Lipinski definition) is 2. The van der Waals surface area contributed by atoms with Crippen LogP contribution in [0.4, 0.5) is 0 Å². The first-order valence-electron chi connectivity index (χ1n) is 12.5. The second kappa shape index (κ2) is 11.6. The van der Waals surface area contributed by atoms with E-state index in [1.165, 1.54) is 5.56 Å². The lowest BCUT2D eigenvalue weighted by molar-refractivity contribution is -0.126. The Bertz CT molecular complexity index is 974. The monoisotopic (exact) mass is 492 g/mol. The van der Waals surface area contributed by atoms with E-state index in [0.29, 0.717) is 45.4 Å². The second-order valence-electron chi connectivity index (χ2n) is 10.2. The Morgan fingerprint density at radius 2 is 1.88 bits per heavy atom. The predicted octanol–water partition coefficient (Wildman–Crippen LogP) is 4.21. The average molecular weight is 493 g/mol. The number of fused-ring (bicyclic) bond motifs is 1. The van der Waals surface area contributed by atoms with Crippen LogP contribution in [0.2, 0.25) is 0 Å². The summed E-state index contributed by atoms with van der Waals surface area (Å²) in [4.78, 5) is 12.6. The van der Waals surface area contributed by atoms with Crippen LogP contribution in [0, 0.1) is 5.92 Å². The van der Waals surface area contributed by atoms with Gasteiger partial charge in [-0.15, -0.1) is 0 Å². The molecule has 34 heavy (non-hydrogen) atoms. The van der Waals surface area contributed by atoms with Crippen LogP contribution in [0.5, 0.6) is 11.5 Å². The Morgan fingerprint density at radius 1 is 1.15 bits per heavy atom. The number of amides is 1. The molecular formula is C26H40N2O5S. The molecule has 2 aliphatic rings. The molecule has 3 rings (SSSR count). The highest BCUT2D eigenvalue weighted by molar-refractivity contribution is 7.90. The summed E-state index contributed by atoms with van der Waals surface area (Å²) >= 11 is 0. The summed E-state index contributed by atoms with van der Waals surface area (Å²) in [5, 5.41) is 3.07. The van der Waals surface area contributed by atoms with E-state index in [0.717, 1.165) is 36.3 Å². The van der Waals surface area contributed by atoms with Gasteiger partial charge in [-0.05, 0) is 102 Å². The number of hydrogen-bond acceptors (Lipinski definition) is 5. The Balaban J connectivity index is 1.38. The highest BCUT2D eigenvalue weighted by atomic mass is 32.2. The first-order valence-corrected chi connectivity index (χ1v) is 14.0. The molecule has 2 N–H and O–H groups in total. The summed E-state index contributed by atoms with van der Waals surface area (Å²) in [5.41, 5.74) is 2.19. The van der Waals surface area contributed by atoms with Crippen LogP contribution < -0.4 is 19.5 Å². The zero-order valence-corrected chi connectivity index (χ0v) is 21.8. The summed E-state index contributed by atoms with van der Waals surface area (Å²) < 4.78 is 38.3. The molecule has 7 nitrogen and oxygen atoms in total. The van der Waals surface area contributed by atoms with E-state index in [4.69, 9.17) is 9.47 Å². The van der Waals surface area contributed by atoms with Gasteiger partial charge in [-0.1, -0.05) is 0 Å². The summed E-state index contributed by atoms with van der Waals surface area (Å²) in [6.45, 7) is 8.91. The largest absolute Gasteiger partial charge is 0.493 e. The molecule has 0 spiro atoms. The van der Waals surface area contributed by atoms with Crippen LogP contribution in [0.15, 0.2) is 18.2 Å². The van der Waals surface area contributed by atoms with Gasteiger partial charge in [0, 0.05) is 18.5 Å². The van der Waals surface area contributed by atoms with E-state index < -0.39 is 14.8 Å². The number of ether oxygens (including phenoxy) is 2. The molecule has 0 unspecified atom stereocenters. The minimum atomic E-state index is -3.36. The molecule has 1 fully saturated rings. The van der Waals surface area contributed by atoms with Gasteiger partial charge in [-0.2, -0.15) is 0 Å². The lowest BCUT2D eigenvalue weighted by Crippen LogP contribution is -2.46. The van der Waals surface area contributed by atoms with Crippen molar-refractivity contribution in [1.29, 1.82) is 0 Å². The first-order chi connectivity index (χ1) is 16.1. The Kier molecular flexibility index (Phi) is 9.04. The van der Waals surface area contributed by atoms with Crippen molar-refractivity contribution in [2.45, 2.75) is 83.4 Å². The predicted molar refractivity (Wildman–Crippen MR) is 136 cm³/mol. The number of aryl methyl sites for hydroxylation is 1. The number of benzene rings is 1. The molecule has 0 atom stereocenters. The number of carbonyl (C=O) groups is 1. The molecule has 0 saturated heterocycles. The van der Waals surface area contributed by atoms with Crippen molar-refractivity contribution in [2.75, 3.05) is 19.8 Å². The molecule has 1 aromatic rings. The third-order valence-corrected chi connectivity index (χ3v) is 8.76. The molecule has 1 saturated carbocycles. The number of nitrogens with one attached hydrogen (secondary N) is 2. The van der Waals surface area contributed by atoms with Crippen molar-refractivity contribution in [3.63, 3.8) is 0 Å². The third kappa shape index (κ3) is 6.98. The number of sulfonamides is 1. The second-order valence-corrected chi connectivity index (χ2v) is 12.6. The minimum Gasteiger partial charge on any atom is -0.493 e. The van der Waals surface area contributed by atoms with E-state index in [9.17, 15) is 13.2 Å². The number of rotatable bonds is 10. The van der Waals surface area contributed by atoms with E-state index >= 15 is 0 Å². The van der Waals surface area contributed by atoms with Crippen molar-refractivity contribution in [1.82, 2.24) is 10.0 Å². The van der Waals surface area contributed by atoms with Crippen molar-refractivity contribution in [2.24, 2.45) is 5.92 Å². The van der Waals surface area contributed by atoms with Crippen LogP contribution in [0.3, 0.4) is 0 Å². The van der Waals surface area contributed by atoms with Crippen LogP contribution in [-0.4, -0.2) is 44.9 Å². The fourth-order valence-electron chi connectivity index (χ4n) is 4.34. The quantitative estimate of drug-likeness (QED) is 0.477. The molecule has 1 aliphatic heterocycles. The number of carbonyl (C=O) groups excluding carboxylic acids is 1. The van der Waals surface area contributed by atoms with Crippen molar-refractivity contribution in [3.8, 4) is 11.5 Å². The summed E-state index contributed by atoms with van der Waals surface area (Å²) in [6.07, 6.45) is 9.63. The molecule has 1 heterocycles. The van der Waals surface area contributed by atoms with Gasteiger partial charge in [0.25, 0.3) is 0 Å². The van der Waals surface area contributed by atoms with E-state index in [-0.39, 0.29) is 17.9 Å². The van der Waals surface area contributed by atoms with Crippen LogP contribution in [-0.2, 0) is 21.2 Å². The van der Waals surface area contributed by atoms with Gasteiger partial charge in [-0.3, -0.25) is 4.79 Å². The zero-order chi connectivity index (χ0) is 24.8. The minimum absolute atomic E-state index is 0.0324. The van der Waals surface area contributed by atoms with Crippen LogP contribution in [0.25, 0.3) is 6.08 Å².